The van der Waals surface area contributed by atoms with Crippen LogP contribution in [0.3, 0.4) is 0 Å². The second-order valence-electron chi connectivity index (χ2n) is 3.48. The van der Waals surface area contributed by atoms with E-state index in [9.17, 15) is 4.79 Å². The minimum absolute atomic E-state index is 0.150. The molecule has 0 unspecified atom stereocenters. The minimum Gasteiger partial charge on any atom is -0.339 e. The molecule has 1 aliphatic heterocycles. The lowest BCUT2D eigenvalue weighted by atomic mass is 10.0. The number of carbonyl (C=O) groups excluding carboxylic acids is 1. The average Bonchev–Trinajstić information content (AvgIpc) is 2.15. The third kappa shape index (κ3) is 2.97. The first-order valence-corrected chi connectivity index (χ1v) is 4.93. The van der Waals surface area contributed by atoms with Crippen molar-refractivity contribution in [1.29, 1.82) is 0 Å². The highest BCUT2D eigenvalue weighted by Crippen LogP contribution is 2.11. The van der Waals surface area contributed by atoms with Gasteiger partial charge in [0.15, 0.2) is 0 Å². The molecule has 0 aromatic carbocycles. The molecule has 0 spiro atoms. The van der Waals surface area contributed by atoms with Crippen molar-refractivity contribution in [3.05, 3.63) is 0 Å². The van der Waals surface area contributed by atoms with Gasteiger partial charge < -0.3 is 16.0 Å². The number of nitrogens with two attached hydrogens (primary N) is 1. The summed E-state index contributed by atoms with van der Waals surface area (Å²) in [5, 5.41) is 3.28. The molecule has 1 rings (SSSR count). The quantitative estimate of drug-likeness (QED) is 0.626. The van der Waals surface area contributed by atoms with Crippen LogP contribution in [0.1, 0.15) is 19.8 Å². The van der Waals surface area contributed by atoms with Crippen molar-refractivity contribution in [2.24, 2.45) is 5.73 Å². The molecule has 1 heterocycles. The Labute approximate surface area is 79.5 Å². The summed E-state index contributed by atoms with van der Waals surface area (Å²) in [4.78, 5) is 13.2. The van der Waals surface area contributed by atoms with E-state index in [0.717, 1.165) is 25.9 Å². The van der Waals surface area contributed by atoms with Crippen LogP contribution in [0.4, 0.5) is 0 Å². The van der Waals surface area contributed by atoms with Gasteiger partial charge in [-0.2, -0.15) is 0 Å². The molecule has 0 aliphatic carbocycles. The van der Waals surface area contributed by atoms with Crippen LogP contribution in [0.2, 0.25) is 0 Å². The van der Waals surface area contributed by atoms with E-state index in [4.69, 9.17) is 5.73 Å². The van der Waals surface area contributed by atoms with Crippen molar-refractivity contribution in [3.8, 4) is 0 Å². The number of hydrogen-bond acceptors (Lipinski definition) is 3. The lowest BCUT2D eigenvalue weighted by Crippen LogP contribution is -2.47. The second-order valence-corrected chi connectivity index (χ2v) is 3.48. The van der Waals surface area contributed by atoms with Crippen LogP contribution < -0.4 is 11.1 Å². The van der Waals surface area contributed by atoms with E-state index in [0.29, 0.717) is 19.1 Å². The van der Waals surface area contributed by atoms with Gasteiger partial charge in [-0.05, 0) is 25.9 Å². The number of nitrogens with one attached hydrogen (secondary N) is 1. The number of carbonyl (C=O) groups is 1. The molecular formula is C9H19N3O. The zero-order chi connectivity index (χ0) is 9.68. The van der Waals surface area contributed by atoms with Crippen LogP contribution >= 0.6 is 0 Å². The number of nitrogens with zero attached hydrogens (tertiary/aromatic N) is 1. The molecule has 0 atom stereocenters. The molecule has 4 heteroatoms. The minimum atomic E-state index is 0.150. The Morgan fingerprint density at radius 1 is 1.54 bits per heavy atom. The lowest BCUT2D eigenvalue weighted by Gasteiger charge is -2.33. The fraction of sp³-hybridized carbons (Fsp3) is 0.889. The zero-order valence-corrected chi connectivity index (χ0v) is 8.25. The molecule has 0 aromatic rings. The van der Waals surface area contributed by atoms with Crippen molar-refractivity contribution < 1.29 is 4.79 Å². The molecule has 0 bridgehead atoms. The maximum absolute atomic E-state index is 11.3. The molecular weight excluding hydrogens is 166 g/mol. The van der Waals surface area contributed by atoms with E-state index >= 15 is 0 Å². The monoisotopic (exact) mass is 185 g/mol. The summed E-state index contributed by atoms with van der Waals surface area (Å²) in [6, 6.07) is 0.405. The van der Waals surface area contributed by atoms with Gasteiger partial charge in [-0.25, -0.2) is 0 Å². The highest BCUT2D eigenvalue weighted by atomic mass is 16.2. The Morgan fingerprint density at radius 2 is 2.15 bits per heavy atom. The van der Waals surface area contributed by atoms with Crippen molar-refractivity contribution in [3.63, 3.8) is 0 Å². The van der Waals surface area contributed by atoms with Gasteiger partial charge in [0.2, 0.25) is 5.91 Å². The molecule has 3 N–H and O–H groups in total. The Bertz CT molecular complexity index is 166. The molecule has 1 amide bonds. The average molecular weight is 185 g/mol. The van der Waals surface area contributed by atoms with E-state index in [1.807, 2.05) is 4.90 Å². The van der Waals surface area contributed by atoms with Gasteiger partial charge in [-0.1, -0.05) is 0 Å². The van der Waals surface area contributed by atoms with Crippen molar-refractivity contribution in [2.75, 3.05) is 26.2 Å². The first-order chi connectivity index (χ1) is 6.25. The van der Waals surface area contributed by atoms with Gasteiger partial charge in [0, 0.05) is 26.1 Å². The standard InChI is InChI=1S/C9H19N3O/c1-8(13)12(7-4-10)9-2-5-11-6-3-9/h9,11H,2-7,10H2,1H3. The maximum Gasteiger partial charge on any atom is 0.219 e. The third-order valence-corrected chi connectivity index (χ3v) is 2.52. The second kappa shape index (κ2) is 5.19. The Morgan fingerprint density at radius 3 is 2.62 bits per heavy atom. The molecule has 1 aliphatic rings. The molecule has 76 valence electrons. The van der Waals surface area contributed by atoms with Crippen molar-refractivity contribution in [1.82, 2.24) is 10.2 Å². The van der Waals surface area contributed by atoms with Gasteiger partial charge in [-0.3, -0.25) is 4.79 Å². The number of amides is 1. The van der Waals surface area contributed by atoms with Crippen molar-refractivity contribution in [2.45, 2.75) is 25.8 Å². The summed E-state index contributed by atoms with van der Waals surface area (Å²) in [6.07, 6.45) is 2.11. The number of piperidine rings is 1. The molecule has 0 radical (unpaired) electrons. The van der Waals surface area contributed by atoms with Gasteiger partial charge in [0.1, 0.15) is 0 Å². The molecule has 0 saturated carbocycles. The first-order valence-electron chi connectivity index (χ1n) is 4.93. The van der Waals surface area contributed by atoms with E-state index < -0.39 is 0 Å². The highest BCUT2D eigenvalue weighted by Gasteiger charge is 2.21. The summed E-state index contributed by atoms with van der Waals surface area (Å²) < 4.78 is 0. The topological polar surface area (TPSA) is 58.4 Å². The molecule has 1 fully saturated rings. The summed E-state index contributed by atoms with van der Waals surface area (Å²) in [6.45, 7) is 4.90. The molecule has 13 heavy (non-hydrogen) atoms. The summed E-state index contributed by atoms with van der Waals surface area (Å²) in [7, 11) is 0. The van der Waals surface area contributed by atoms with Crippen molar-refractivity contribution >= 4 is 5.91 Å². The van der Waals surface area contributed by atoms with Gasteiger partial charge >= 0.3 is 0 Å². The van der Waals surface area contributed by atoms with Crippen LogP contribution in [0.5, 0.6) is 0 Å². The highest BCUT2D eigenvalue weighted by molar-refractivity contribution is 5.73. The van der Waals surface area contributed by atoms with E-state index in [-0.39, 0.29) is 5.91 Å². The number of hydrogen-bond donors (Lipinski definition) is 2. The van der Waals surface area contributed by atoms with Crippen LogP contribution in [-0.2, 0) is 4.79 Å². The van der Waals surface area contributed by atoms with Gasteiger partial charge in [-0.15, -0.1) is 0 Å². The van der Waals surface area contributed by atoms with Gasteiger partial charge in [0.05, 0.1) is 0 Å². The predicted octanol–water partition coefficient (Wildman–Crippen LogP) is -0.454. The largest absolute Gasteiger partial charge is 0.339 e. The van der Waals surface area contributed by atoms with Crippen LogP contribution in [0.25, 0.3) is 0 Å². The smallest absolute Gasteiger partial charge is 0.219 e. The van der Waals surface area contributed by atoms with Crippen LogP contribution in [0.15, 0.2) is 0 Å². The normalized spacial score (nSPS) is 18.6. The summed E-state index contributed by atoms with van der Waals surface area (Å²) in [5.74, 6) is 0.150. The SMILES string of the molecule is CC(=O)N(CCN)C1CCNCC1. The zero-order valence-electron chi connectivity index (χ0n) is 8.25. The Balaban J connectivity index is 2.46. The summed E-state index contributed by atoms with van der Waals surface area (Å²) >= 11 is 0. The third-order valence-electron chi connectivity index (χ3n) is 2.52. The first kappa shape index (κ1) is 10.5. The van der Waals surface area contributed by atoms with Crippen LogP contribution in [0, 0.1) is 0 Å². The maximum atomic E-state index is 11.3. The number of rotatable bonds is 3. The van der Waals surface area contributed by atoms with E-state index in [1.54, 1.807) is 6.92 Å². The Hall–Kier alpha value is -0.610. The van der Waals surface area contributed by atoms with Gasteiger partial charge in [0.25, 0.3) is 0 Å². The molecule has 4 nitrogen and oxygen atoms in total. The lowest BCUT2D eigenvalue weighted by molar-refractivity contribution is -0.131. The summed E-state index contributed by atoms with van der Waals surface area (Å²) in [5.41, 5.74) is 5.46. The fourth-order valence-electron chi connectivity index (χ4n) is 1.85. The molecule has 0 aromatic heterocycles. The fourth-order valence-corrected chi connectivity index (χ4v) is 1.85. The van der Waals surface area contributed by atoms with E-state index in [2.05, 4.69) is 5.32 Å². The van der Waals surface area contributed by atoms with E-state index in [1.165, 1.54) is 0 Å². The Kier molecular flexibility index (Phi) is 4.18. The molecule has 1 saturated heterocycles. The predicted molar refractivity (Wildman–Crippen MR) is 52.3 cm³/mol. The van der Waals surface area contributed by atoms with Crippen LogP contribution in [-0.4, -0.2) is 43.0 Å².